The minimum absolute atomic E-state index is 0.0246. The number of carbonyl (C=O) groups is 1. The number of fused-ring (bicyclic) bond motifs is 1. The number of benzene rings is 1. The normalized spacial score (nSPS) is 14.3. The minimum Gasteiger partial charge on any atom is -0.486 e. The van der Waals surface area contributed by atoms with Crippen LogP contribution in [0, 0.1) is 0 Å². The Morgan fingerprint density at radius 1 is 1.22 bits per heavy atom. The second-order valence-corrected chi connectivity index (χ2v) is 6.19. The van der Waals surface area contributed by atoms with Gasteiger partial charge in [0.05, 0.1) is 10.6 Å². The Labute approximate surface area is 106 Å². The molecule has 5 nitrogen and oxygen atoms in total. The molecule has 1 aliphatic heterocycles. The average Bonchev–Trinajstić information content (AvgIpc) is 2.36. The molecule has 0 bridgehead atoms. The average molecular weight is 270 g/mol. The van der Waals surface area contributed by atoms with Crippen molar-refractivity contribution in [1.29, 1.82) is 0 Å². The summed E-state index contributed by atoms with van der Waals surface area (Å²) in [6.07, 6.45) is 0.0246. The third-order valence-electron chi connectivity index (χ3n) is 2.60. The van der Waals surface area contributed by atoms with Gasteiger partial charge < -0.3 is 9.47 Å². The van der Waals surface area contributed by atoms with E-state index in [1.165, 1.54) is 19.1 Å². The van der Waals surface area contributed by atoms with Gasteiger partial charge in [-0.25, -0.2) is 8.42 Å². The molecule has 0 saturated carbocycles. The Kier molecular flexibility index (Phi) is 3.56. The van der Waals surface area contributed by atoms with Crippen LogP contribution in [0.15, 0.2) is 23.1 Å². The molecular formula is C12H14O5S. The molecule has 98 valence electrons. The zero-order chi connectivity index (χ0) is 13.2. The molecule has 18 heavy (non-hydrogen) atoms. The molecule has 0 aromatic heterocycles. The Balaban J connectivity index is 2.25. The summed E-state index contributed by atoms with van der Waals surface area (Å²) in [5.41, 5.74) is 0. The van der Waals surface area contributed by atoms with Gasteiger partial charge in [-0.05, 0) is 19.1 Å². The summed E-state index contributed by atoms with van der Waals surface area (Å²) in [6.45, 7) is 2.24. The Morgan fingerprint density at radius 2 is 1.89 bits per heavy atom. The zero-order valence-electron chi connectivity index (χ0n) is 10.0. The lowest BCUT2D eigenvalue weighted by atomic mass is 10.3. The maximum atomic E-state index is 12.0. The van der Waals surface area contributed by atoms with Crippen LogP contribution in [0.5, 0.6) is 11.5 Å². The SMILES string of the molecule is CC(=O)CCS(=O)(=O)c1ccc2c(c1)OCCO2. The summed E-state index contributed by atoms with van der Waals surface area (Å²) in [6, 6.07) is 4.50. The number of ether oxygens (including phenoxy) is 2. The predicted octanol–water partition coefficient (Wildman–Crippen LogP) is 1.21. The maximum absolute atomic E-state index is 12.0. The number of sulfone groups is 1. The second-order valence-electron chi connectivity index (χ2n) is 4.08. The van der Waals surface area contributed by atoms with Gasteiger partial charge in [0.2, 0.25) is 0 Å². The maximum Gasteiger partial charge on any atom is 0.178 e. The van der Waals surface area contributed by atoms with E-state index in [-0.39, 0.29) is 22.9 Å². The first kappa shape index (κ1) is 12.9. The zero-order valence-corrected chi connectivity index (χ0v) is 10.8. The Bertz CT molecular complexity index is 562. The fourth-order valence-corrected chi connectivity index (χ4v) is 2.97. The van der Waals surface area contributed by atoms with E-state index in [1.54, 1.807) is 6.07 Å². The minimum atomic E-state index is -3.45. The molecule has 0 saturated heterocycles. The highest BCUT2D eigenvalue weighted by Gasteiger charge is 2.19. The third-order valence-corrected chi connectivity index (χ3v) is 4.31. The van der Waals surface area contributed by atoms with Gasteiger partial charge in [0, 0.05) is 12.5 Å². The van der Waals surface area contributed by atoms with E-state index >= 15 is 0 Å². The van der Waals surface area contributed by atoms with Gasteiger partial charge in [0.25, 0.3) is 0 Å². The molecule has 1 heterocycles. The molecule has 0 aliphatic carbocycles. The van der Waals surface area contributed by atoms with Gasteiger partial charge in [-0.2, -0.15) is 0 Å². The number of carbonyl (C=O) groups excluding carboxylic acids is 1. The van der Waals surface area contributed by atoms with E-state index in [9.17, 15) is 13.2 Å². The van der Waals surface area contributed by atoms with Crippen molar-refractivity contribution < 1.29 is 22.7 Å². The van der Waals surface area contributed by atoms with Crippen LogP contribution in [0.2, 0.25) is 0 Å². The van der Waals surface area contributed by atoms with Crippen molar-refractivity contribution in [1.82, 2.24) is 0 Å². The fourth-order valence-electron chi connectivity index (χ4n) is 1.61. The Hall–Kier alpha value is -1.56. The molecule has 1 aromatic carbocycles. The van der Waals surface area contributed by atoms with Crippen LogP contribution in [-0.4, -0.2) is 33.2 Å². The van der Waals surface area contributed by atoms with E-state index < -0.39 is 9.84 Å². The molecular weight excluding hydrogens is 256 g/mol. The van der Waals surface area contributed by atoms with Gasteiger partial charge in [-0.3, -0.25) is 4.79 Å². The first-order chi connectivity index (χ1) is 8.49. The molecule has 6 heteroatoms. The van der Waals surface area contributed by atoms with Gasteiger partial charge in [0.15, 0.2) is 21.3 Å². The van der Waals surface area contributed by atoms with E-state index in [0.29, 0.717) is 24.7 Å². The lowest BCUT2D eigenvalue weighted by molar-refractivity contribution is -0.116. The smallest absolute Gasteiger partial charge is 0.178 e. The van der Waals surface area contributed by atoms with E-state index in [0.717, 1.165) is 0 Å². The van der Waals surface area contributed by atoms with Crippen LogP contribution in [0.1, 0.15) is 13.3 Å². The molecule has 0 unspecified atom stereocenters. The highest BCUT2D eigenvalue weighted by molar-refractivity contribution is 7.91. The lowest BCUT2D eigenvalue weighted by Crippen LogP contribution is -2.16. The van der Waals surface area contributed by atoms with Gasteiger partial charge >= 0.3 is 0 Å². The largest absolute Gasteiger partial charge is 0.486 e. The molecule has 0 radical (unpaired) electrons. The van der Waals surface area contributed by atoms with Crippen molar-refractivity contribution >= 4 is 15.6 Å². The molecule has 0 amide bonds. The quantitative estimate of drug-likeness (QED) is 0.822. The first-order valence-electron chi connectivity index (χ1n) is 5.61. The summed E-state index contributed by atoms with van der Waals surface area (Å²) in [4.78, 5) is 11.0. The van der Waals surface area contributed by atoms with E-state index in [1.807, 2.05) is 0 Å². The van der Waals surface area contributed by atoms with Crippen LogP contribution in [0.25, 0.3) is 0 Å². The van der Waals surface area contributed by atoms with E-state index in [4.69, 9.17) is 9.47 Å². The summed E-state index contributed by atoms with van der Waals surface area (Å²) in [5, 5.41) is 0. The monoisotopic (exact) mass is 270 g/mol. The van der Waals surface area contributed by atoms with E-state index in [2.05, 4.69) is 0 Å². The van der Waals surface area contributed by atoms with Crippen LogP contribution in [-0.2, 0) is 14.6 Å². The molecule has 0 N–H and O–H groups in total. The summed E-state index contributed by atoms with van der Waals surface area (Å²) in [5.74, 6) is 0.662. The molecule has 0 fully saturated rings. The lowest BCUT2D eigenvalue weighted by Gasteiger charge is -2.18. The number of hydrogen-bond acceptors (Lipinski definition) is 5. The summed E-state index contributed by atoms with van der Waals surface area (Å²) < 4.78 is 34.6. The van der Waals surface area contributed by atoms with Gasteiger partial charge in [0.1, 0.15) is 19.0 Å². The van der Waals surface area contributed by atoms with Crippen molar-refractivity contribution in [3.63, 3.8) is 0 Å². The van der Waals surface area contributed by atoms with Crippen molar-refractivity contribution in [3.8, 4) is 11.5 Å². The predicted molar refractivity (Wildman–Crippen MR) is 64.8 cm³/mol. The Morgan fingerprint density at radius 3 is 2.56 bits per heavy atom. The molecule has 2 rings (SSSR count). The van der Waals surface area contributed by atoms with Crippen LogP contribution < -0.4 is 9.47 Å². The number of ketones is 1. The fraction of sp³-hybridized carbons (Fsp3) is 0.417. The van der Waals surface area contributed by atoms with Crippen LogP contribution in [0.3, 0.4) is 0 Å². The molecule has 0 spiro atoms. The highest BCUT2D eigenvalue weighted by Crippen LogP contribution is 2.32. The summed E-state index contributed by atoms with van der Waals surface area (Å²) in [7, 11) is -3.45. The van der Waals surface area contributed by atoms with Gasteiger partial charge in [-0.15, -0.1) is 0 Å². The highest BCUT2D eigenvalue weighted by atomic mass is 32.2. The topological polar surface area (TPSA) is 69.7 Å². The number of rotatable bonds is 4. The van der Waals surface area contributed by atoms with Crippen LogP contribution >= 0.6 is 0 Å². The number of hydrogen-bond donors (Lipinski definition) is 0. The second kappa shape index (κ2) is 4.97. The van der Waals surface area contributed by atoms with Crippen molar-refractivity contribution in [2.24, 2.45) is 0 Å². The third kappa shape index (κ3) is 2.81. The molecule has 1 aromatic rings. The van der Waals surface area contributed by atoms with Crippen molar-refractivity contribution in [2.75, 3.05) is 19.0 Å². The standard InChI is InChI=1S/C12H14O5S/c1-9(13)4-7-18(14,15)10-2-3-11-12(8-10)17-6-5-16-11/h2-3,8H,4-7H2,1H3. The summed E-state index contributed by atoms with van der Waals surface area (Å²) >= 11 is 0. The van der Waals surface area contributed by atoms with Gasteiger partial charge in [-0.1, -0.05) is 0 Å². The van der Waals surface area contributed by atoms with Crippen molar-refractivity contribution in [3.05, 3.63) is 18.2 Å². The molecule has 1 aliphatic rings. The number of Topliss-reactive ketones (excluding diaryl/α,β-unsaturated/α-hetero) is 1. The first-order valence-corrected chi connectivity index (χ1v) is 7.26. The van der Waals surface area contributed by atoms with Crippen molar-refractivity contribution in [2.45, 2.75) is 18.2 Å². The molecule has 0 atom stereocenters. The van der Waals surface area contributed by atoms with Crippen LogP contribution in [0.4, 0.5) is 0 Å².